The zero-order valence-electron chi connectivity index (χ0n) is 12.1. The van der Waals surface area contributed by atoms with Crippen molar-refractivity contribution in [1.29, 1.82) is 0 Å². The predicted octanol–water partition coefficient (Wildman–Crippen LogP) is 2.06. The third-order valence-corrected chi connectivity index (χ3v) is 5.67. The lowest BCUT2D eigenvalue weighted by Gasteiger charge is -2.16. The Kier molecular flexibility index (Phi) is 5.56. The van der Waals surface area contributed by atoms with Crippen LogP contribution in [0.5, 0.6) is 0 Å². The van der Waals surface area contributed by atoms with Crippen LogP contribution < -0.4 is 11.1 Å². The molecule has 5 nitrogen and oxygen atoms in total. The highest BCUT2D eigenvalue weighted by molar-refractivity contribution is 7.92. The molecule has 0 saturated carbocycles. The summed E-state index contributed by atoms with van der Waals surface area (Å²) < 4.78 is 24.2. The van der Waals surface area contributed by atoms with Crippen LogP contribution in [0.2, 0.25) is 0 Å². The van der Waals surface area contributed by atoms with Gasteiger partial charge in [-0.1, -0.05) is 32.4 Å². The standard InChI is InChI=1S/C14H22N2O3S/c1-4-10(2)9-20(18,19)11(3)14(17)16-13-8-6-5-7-12(13)15/h5-8,10-11H,4,9,15H2,1-3H3,(H,16,17). The smallest absolute Gasteiger partial charge is 0.242 e. The second-order valence-corrected chi connectivity index (χ2v) is 7.43. The molecule has 2 atom stereocenters. The summed E-state index contributed by atoms with van der Waals surface area (Å²) in [5.41, 5.74) is 6.56. The van der Waals surface area contributed by atoms with E-state index >= 15 is 0 Å². The summed E-state index contributed by atoms with van der Waals surface area (Å²) in [6.45, 7) is 5.19. The molecule has 0 bridgehead atoms. The Morgan fingerprint density at radius 3 is 2.45 bits per heavy atom. The summed E-state index contributed by atoms with van der Waals surface area (Å²) in [5.74, 6) is -0.495. The highest BCUT2D eigenvalue weighted by Gasteiger charge is 2.29. The summed E-state index contributed by atoms with van der Waals surface area (Å²) >= 11 is 0. The van der Waals surface area contributed by atoms with Crippen LogP contribution >= 0.6 is 0 Å². The first-order chi connectivity index (χ1) is 9.27. The summed E-state index contributed by atoms with van der Waals surface area (Å²) in [6, 6.07) is 6.76. The quantitative estimate of drug-likeness (QED) is 0.787. The van der Waals surface area contributed by atoms with Gasteiger partial charge in [-0.15, -0.1) is 0 Å². The number of benzene rings is 1. The predicted molar refractivity (Wildman–Crippen MR) is 82.2 cm³/mol. The highest BCUT2D eigenvalue weighted by atomic mass is 32.2. The molecule has 3 N–H and O–H groups in total. The van der Waals surface area contributed by atoms with Crippen molar-refractivity contribution in [3.05, 3.63) is 24.3 Å². The Labute approximate surface area is 120 Å². The fourth-order valence-corrected chi connectivity index (χ4v) is 3.37. The van der Waals surface area contributed by atoms with Crippen molar-refractivity contribution in [1.82, 2.24) is 0 Å². The van der Waals surface area contributed by atoms with Crippen molar-refractivity contribution >= 4 is 27.1 Å². The van der Waals surface area contributed by atoms with E-state index in [0.717, 1.165) is 6.42 Å². The normalized spacial score (nSPS) is 14.6. The monoisotopic (exact) mass is 298 g/mol. The molecule has 1 amide bonds. The molecular weight excluding hydrogens is 276 g/mol. The van der Waals surface area contributed by atoms with Crippen LogP contribution in [0.4, 0.5) is 11.4 Å². The highest BCUT2D eigenvalue weighted by Crippen LogP contribution is 2.18. The van der Waals surface area contributed by atoms with Crippen LogP contribution in [-0.2, 0) is 14.6 Å². The van der Waals surface area contributed by atoms with E-state index in [1.165, 1.54) is 6.92 Å². The molecule has 0 aliphatic carbocycles. The van der Waals surface area contributed by atoms with E-state index in [2.05, 4.69) is 5.32 Å². The van der Waals surface area contributed by atoms with Crippen molar-refractivity contribution < 1.29 is 13.2 Å². The molecule has 6 heteroatoms. The number of carbonyl (C=O) groups excluding carboxylic acids is 1. The molecule has 112 valence electrons. The van der Waals surface area contributed by atoms with Crippen LogP contribution in [0.3, 0.4) is 0 Å². The van der Waals surface area contributed by atoms with Gasteiger partial charge in [-0.25, -0.2) is 8.42 Å². The van der Waals surface area contributed by atoms with Crippen molar-refractivity contribution in [2.24, 2.45) is 5.92 Å². The number of amides is 1. The van der Waals surface area contributed by atoms with Gasteiger partial charge in [0.15, 0.2) is 9.84 Å². The van der Waals surface area contributed by atoms with Crippen molar-refractivity contribution in [2.45, 2.75) is 32.4 Å². The fraction of sp³-hybridized carbons (Fsp3) is 0.500. The molecule has 1 rings (SSSR count). The minimum atomic E-state index is -3.46. The molecule has 1 aromatic carbocycles. The van der Waals surface area contributed by atoms with Gasteiger partial charge in [-0.3, -0.25) is 4.79 Å². The van der Waals surface area contributed by atoms with Gasteiger partial charge in [-0.2, -0.15) is 0 Å². The molecule has 20 heavy (non-hydrogen) atoms. The second-order valence-electron chi connectivity index (χ2n) is 5.06. The Bertz CT molecular complexity index is 570. The number of anilines is 2. The molecule has 0 aromatic heterocycles. The summed E-state index contributed by atoms with van der Waals surface area (Å²) in [4.78, 5) is 12.0. The van der Waals surface area contributed by atoms with Crippen LogP contribution in [0.1, 0.15) is 27.2 Å². The van der Waals surface area contributed by atoms with Gasteiger partial charge in [0.25, 0.3) is 0 Å². The molecule has 0 radical (unpaired) electrons. The maximum atomic E-state index is 12.1. The Balaban J connectivity index is 2.80. The van der Waals surface area contributed by atoms with Gasteiger partial charge in [0.1, 0.15) is 5.25 Å². The number of nitrogens with one attached hydrogen (secondary N) is 1. The maximum Gasteiger partial charge on any atom is 0.242 e. The van der Waals surface area contributed by atoms with E-state index in [9.17, 15) is 13.2 Å². The average Bonchev–Trinajstić information content (AvgIpc) is 2.39. The molecule has 0 aliphatic heterocycles. The number of hydrogen-bond acceptors (Lipinski definition) is 4. The number of nitrogens with two attached hydrogens (primary N) is 1. The zero-order valence-corrected chi connectivity index (χ0v) is 12.9. The zero-order chi connectivity index (χ0) is 15.3. The van der Waals surface area contributed by atoms with Crippen molar-refractivity contribution in [2.75, 3.05) is 16.8 Å². The average molecular weight is 298 g/mol. The van der Waals surface area contributed by atoms with Gasteiger partial charge in [0.2, 0.25) is 5.91 Å². The SMILES string of the molecule is CCC(C)CS(=O)(=O)C(C)C(=O)Nc1ccccc1N. The molecule has 0 fully saturated rings. The molecule has 2 unspecified atom stereocenters. The van der Waals surface area contributed by atoms with E-state index in [1.807, 2.05) is 13.8 Å². The first kappa shape index (κ1) is 16.5. The molecule has 0 saturated heterocycles. The van der Waals surface area contributed by atoms with E-state index in [0.29, 0.717) is 11.4 Å². The summed E-state index contributed by atoms with van der Waals surface area (Å²) in [5, 5.41) is 1.48. The topological polar surface area (TPSA) is 89.3 Å². The third kappa shape index (κ3) is 4.23. The van der Waals surface area contributed by atoms with E-state index in [-0.39, 0.29) is 11.7 Å². The molecule has 0 aliphatic rings. The Hall–Kier alpha value is -1.56. The summed E-state index contributed by atoms with van der Waals surface area (Å²) in [7, 11) is -3.46. The Morgan fingerprint density at radius 1 is 1.30 bits per heavy atom. The number of nitrogen functional groups attached to an aromatic ring is 1. The number of hydrogen-bond donors (Lipinski definition) is 2. The van der Waals surface area contributed by atoms with Gasteiger partial charge in [-0.05, 0) is 25.0 Å². The number of sulfone groups is 1. The molecule has 1 aromatic rings. The van der Waals surface area contributed by atoms with Gasteiger partial charge < -0.3 is 11.1 Å². The number of para-hydroxylation sites is 2. The van der Waals surface area contributed by atoms with E-state index in [1.54, 1.807) is 24.3 Å². The molecular formula is C14H22N2O3S. The van der Waals surface area contributed by atoms with E-state index < -0.39 is 21.0 Å². The Morgan fingerprint density at radius 2 is 1.90 bits per heavy atom. The van der Waals surface area contributed by atoms with Crippen molar-refractivity contribution in [3.63, 3.8) is 0 Å². The molecule has 0 heterocycles. The number of rotatable bonds is 6. The second kappa shape index (κ2) is 6.74. The fourth-order valence-electron chi connectivity index (χ4n) is 1.67. The third-order valence-electron chi connectivity index (χ3n) is 3.34. The van der Waals surface area contributed by atoms with E-state index in [4.69, 9.17) is 5.73 Å². The van der Waals surface area contributed by atoms with Gasteiger partial charge in [0, 0.05) is 0 Å². The van der Waals surface area contributed by atoms with Gasteiger partial charge >= 0.3 is 0 Å². The lowest BCUT2D eigenvalue weighted by molar-refractivity contribution is -0.115. The van der Waals surface area contributed by atoms with Crippen molar-refractivity contribution in [3.8, 4) is 0 Å². The minimum Gasteiger partial charge on any atom is -0.397 e. The minimum absolute atomic E-state index is 0.0162. The first-order valence-corrected chi connectivity index (χ1v) is 8.36. The van der Waals surface area contributed by atoms with Crippen LogP contribution in [0.25, 0.3) is 0 Å². The van der Waals surface area contributed by atoms with Crippen LogP contribution in [0.15, 0.2) is 24.3 Å². The maximum absolute atomic E-state index is 12.1. The first-order valence-electron chi connectivity index (χ1n) is 6.64. The molecule has 0 spiro atoms. The number of carbonyl (C=O) groups is 1. The van der Waals surface area contributed by atoms with Gasteiger partial charge in [0.05, 0.1) is 17.1 Å². The lowest BCUT2D eigenvalue weighted by Crippen LogP contribution is -2.35. The lowest BCUT2D eigenvalue weighted by atomic mass is 10.2. The summed E-state index contributed by atoms with van der Waals surface area (Å²) in [6.07, 6.45) is 0.763. The largest absolute Gasteiger partial charge is 0.397 e. The van der Waals surface area contributed by atoms with Crippen LogP contribution in [-0.4, -0.2) is 25.3 Å². The van der Waals surface area contributed by atoms with Crippen LogP contribution in [0, 0.1) is 5.92 Å².